The quantitative estimate of drug-likeness (QED) is 0.593. The molecule has 0 radical (unpaired) electrons. The van der Waals surface area contributed by atoms with E-state index >= 15 is 0 Å². The summed E-state index contributed by atoms with van der Waals surface area (Å²) in [5.74, 6) is 0.794. The van der Waals surface area contributed by atoms with Crippen LogP contribution in [-0.4, -0.2) is 32.2 Å². The van der Waals surface area contributed by atoms with Crippen LogP contribution in [-0.2, 0) is 6.42 Å². The van der Waals surface area contributed by atoms with Crippen LogP contribution in [0.2, 0.25) is 0 Å². The molecule has 1 amide bonds. The molecule has 154 valence electrons. The fourth-order valence-corrected chi connectivity index (χ4v) is 3.74. The van der Waals surface area contributed by atoms with E-state index in [0.29, 0.717) is 29.2 Å². The maximum atomic E-state index is 12.7. The lowest BCUT2D eigenvalue weighted by Gasteiger charge is -2.17. The number of carbonyl (C=O) groups is 1. The molecule has 1 atom stereocenters. The molecule has 1 aromatic heterocycles. The molecular formula is C22H21N3O4S. The highest BCUT2D eigenvalue weighted by molar-refractivity contribution is 7.09. The van der Waals surface area contributed by atoms with Crippen molar-refractivity contribution >= 4 is 17.2 Å². The van der Waals surface area contributed by atoms with E-state index in [2.05, 4.69) is 16.4 Å². The Kier molecular flexibility index (Phi) is 6.88. The van der Waals surface area contributed by atoms with Gasteiger partial charge < -0.3 is 19.5 Å². The Morgan fingerprint density at radius 2 is 1.80 bits per heavy atom. The van der Waals surface area contributed by atoms with Crippen LogP contribution >= 0.6 is 11.3 Å². The van der Waals surface area contributed by atoms with Crippen molar-refractivity contribution < 1.29 is 19.0 Å². The minimum Gasteiger partial charge on any atom is -0.493 e. The van der Waals surface area contributed by atoms with E-state index in [9.17, 15) is 10.1 Å². The van der Waals surface area contributed by atoms with Crippen LogP contribution in [0.15, 0.2) is 47.8 Å². The molecule has 0 aliphatic heterocycles. The predicted octanol–water partition coefficient (Wildman–Crippen LogP) is 3.75. The SMILES string of the molecule is COc1cc(C(C#N)NC(=O)c2csc(Cc3ccccc3)n2)cc(OC)c1OC. The van der Waals surface area contributed by atoms with E-state index in [0.717, 1.165) is 10.6 Å². The van der Waals surface area contributed by atoms with Gasteiger partial charge in [-0.15, -0.1) is 11.3 Å². The summed E-state index contributed by atoms with van der Waals surface area (Å²) >= 11 is 1.41. The monoisotopic (exact) mass is 423 g/mol. The molecule has 3 rings (SSSR count). The molecule has 1 N–H and O–H groups in total. The Bertz CT molecular complexity index is 1030. The summed E-state index contributed by atoms with van der Waals surface area (Å²) in [6.45, 7) is 0. The van der Waals surface area contributed by atoms with Crippen molar-refractivity contribution in [1.82, 2.24) is 10.3 Å². The number of carbonyl (C=O) groups excluding carboxylic acids is 1. The standard InChI is InChI=1S/C22H21N3O4S/c1-27-18-10-15(11-19(28-2)21(18)29-3)16(12-23)25-22(26)17-13-30-20(24-17)9-14-7-5-4-6-8-14/h4-8,10-11,13,16H,9H2,1-3H3,(H,25,26). The van der Waals surface area contributed by atoms with E-state index in [1.807, 2.05) is 30.3 Å². The fraction of sp³-hybridized carbons (Fsp3) is 0.227. The second-order valence-corrected chi connectivity index (χ2v) is 7.23. The minimum atomic E-state index is -0.912. The number of benzene rings is 2. The van der Waals surface area contributed by atoms with Gasteiger partial charge in [0.25, 0.3) is 5.91 Å². The van der Waals surface area contributed by atoms with Gasteiger partial charge in [0.1, 0.15) is 11.7 Å². The van der Waals surface area contributed by atoms with Gasteiger partial charge in [0.2, 0.25) is 5.75 Å². The Labute approximate surface area is 178 Å². The number of rotatable bonds is 8. The van der Waals surface area contributed by atoms with Crippen LogP contribution in [0, 0.1) is 11.3 Å². The lowest BCUT2D eigenvalue weighted by atomic mass is 10.1. The van der Waals surface area contributed by atoms with Gasteiger partial charge in [-0.2, -0.15) is 5.26 Å². The molecule has 0 fully saturated rings. The van der Waals surface area contributed by atoms with Crippen molar-refractivity contribution in [2.75, 3.05) is 21.3 Å². The molecule has 1 heterocycles. The van der Waals surface area contributed by atoms with Gasteiger partial charge in [0.15, 0.2) is 11.5 Å². The van der Waals surface area contributed by atoms with Gasteiger partial charge in [0.05, 0.1) is 32.4 Å². The van der Waals surface area contributed by atoms with Gasteiger partial charge in [-0.1, -0.05) is 30.3 Å². The van der Waals surface area contributed by atoms with Crippen LogP contribution in [0.5, 0.6) is 17.2 Å². The van der Waals surface area contributed by atoms with Crippen LogP contribution in [0.4, 0.5) is 0 Å². The smallest absolute Gasteiger partial charge is 0.272 e. The van der Waals surface area contributed by atoms with E-state index in [1.54, 1.807) is 17.5 Å². The van der Waals surface area contributed by atoms with Crippen molar-refractivity contribution in [3.63, 3.8) is 0 Å². The Balaban J connectivity index is 1.78. The molecule has 8 heteroatoms. The zero-order chi connectivity index (χ0) is 21.5. The van der Waals surface area contributed by atoms with Crippen molar-refractivity contribution in [3.05, 3.63) is 69.7 Å². The third-order valence-electron chi connectivity index (χ3n) is 4.41. The normalized spacial score (nSPS) is 11.3. The zero-order valence-electron chi connectivity index (χ0n) is 16.8. The molecular weight excluding hydrogens is 402 g/mol. The predicted molar refractivity (Wildman–Crippen MR) is 113 cm³/mol. The van der Waals surface area contributed by atoms with Gasteiger partial charge >= 0.3 is 0 Å². The number of nitrogens with one attached hydrogen (secondary N) is 1. The second-order valence-electron chi connectivity index (χ2n) is 6.28. The Morgan fingerprint density at radius 3 is 2.37 bits per heavy atom. The van der Waals surface area contributed by atoms with Crippen LogP contribution in [0.25, 0.3) is 0 Å². The Hall–Kier alpha value is -3.57. The van der Waals surface area contributed by atoms with Crippen molar-refractivity contribution in [2.45, 2.75) is 12.5 Å². The maximum Gasteiger partial charge on any atom is 0.272 e. The molecule has 2 aromatic carbocycles. The van der Waals surface area contributed by atoms with Crippen LogP contribution < -0.4 is 19.5 Å². The summed E-state index contributed by atoms with van der Waals surface area (Å²) in [5.41, 5.74) is 1.91. The summed E-state index contributed by atoms with van der Waals surface area (Å²) in [4.78, 5) is 17.1. The van der Waals surface area contributed by atoms with Crippen molar-refractivity contribution in [3.8, 4) is 23.3 Å². The number of amides is 1. The van der Waals surface area contributed by atoms with Crippen molar-refractivity contribution in [1.29, 1.82) is 5.26 Å². The van der Waals surface area contributed by atoms with Gasteiger partial charge in [-0.25, -0.2) is 4.98 Å². The molecule has 0 spiro atoms. The summed E-state index contributed by atoms with van der Waals surface area (Å²) in [6, 6.07) is 14.4. The molecule has 3 aromatic rings. The summed E-state index contributed by atoms with van der Waals surface area (Å²) in [7, 11) is 4.48. The minimum absolute atomic E-state index is 0.277. The molecule has 7 nitrogen and oxygen atoms in total. The first-order valence-corrected chi connectivity index (χ1v) is 9.96. The summed E-state index contributed by atoms with van der Waals surface area (Å²) in [6.07, 6.45) is 0.646. The molecule has 1 unspecified atom stereocenters. The second kappa shape index (κ2) is 9.76. The van der Waals surface area contributed by atoms with Gasteiger partial charge in [0, 0.05) is 11.8 Å². The summed E-state index contributed by atoms with van der Waals surface area (Å²) in [5, 5.41) is 14.9. The first kappa shape index (κ1) is 21.1. The maximum absolute atomic E-state index is 12.7. The van der Waals surface area contributed by atoms with Crippen LogP contribution in [0.1, 0.15) is 32.7 Å². The number of hydrogen-bond donors (Lipinski definition) is 1. The number of thiazole rings is 1. The van der Waals surface area contributed by atoms with E-state index in [4.69, 9.17) is 14.2 Å². The van der Waals surface area contributed by atoms with E-state index in [1.165, 1.54) is 32.7 Å². The number of aromatic nitrogens is 1. The fourth-order valence-electron chi connectivity index (χ4n) is 2.93. The number of nitriles is 1. The number of methoxy groups -OCH3 is 3. The zero-order valence-corrected chi connectivity index (χ0v) is 17.7. The Morgan fingerprint density at radius 1 is 1.13 bits per heavy atom. The first-order chi connectivity index (χ1) is 14.6. The van der Waals surface area contributed by atoms with E-state index < -0.39 is 11.9 Å². The highest BCUT2D eigenvalue weighted by atomic mass is 32.1. The van der Waals surface area contributed by atoms with Crippen LogP contribution in [0.3, 0.4) is 0 Å². The number of ether oxygens (including phenoxy) is 3. The largest absolute Gasteiger partial charge is 0.493 e. The first-order valence-electron chi connectivity index (χ1n) is 9.08. The highest BCUT2D eigenvalue weighted by Gasteiger charge is 2.22. The van der Waals surface area contributed by atoms with Crippen molar-refractivity contribution in [2.24, 2.45) is 0 Å². The third-order valence-corrected chi connectivity index (χ3v) is 5.26. The third kappa shape index (κ3) is 4.70. The number of hydrogen-bond acceptors (Lipinski definition) is 7. The number of nitrogens with zero attached hydrogens (tertiary/aromatic N) is 2. The molecule has 0 saturated carbocycles. The highest BCUT2D eigenvalue weighted by Crippen LogP contribution is 2.39. The van der Waals surface area contributed by atoms with E-state index in [-0.39, 0.29) is 5.69 Å². The lowest BCUT2D eigenvalue weighted by molar-refractivity contribution is 0.0940. The van der Waals surface area contributed by atoms with Gasteiger partial charge in [-0.05, 0) is 23.3 Å². The summed E-state index contributed by atoms with van der Waals surface area (Å²) < 4.78 is 16.0. The molecule has 0 bridgehead atoms. The molecule has 30 heavy (non-hydrogen) atoms. The average molecular weight is 423 g/mol. The molecule has 0 aliphatic carbocycles. The average Bonchev–Trinajstić information content (AvgIpc) is 3.25. The molecule has 0 aliphatic rings. The topological polar surface area (TPSA) is 93.5 Å². The molecule has 0 saturated heterocycles. The van der Waals surface area contributed by atoms with Gasteiger partial charge in [-0.3, -0.25) is 4.79 Å². The lowest BCUT2D eigenvalue weighted by Crippen LogP contribution is -2.28.